The first-order valence-corrected chi connectivity index (χ1v) is 9.56. The molecule has 1 aromatic carbocycles. The van der Waals surface area contributed by atoms with E-state index in [0.717, 1.165) is 51.1 Å². The van der Waals surface area contributed by atoms with E-state index in [9.17, 15) is 9.59 Å². The predicted octanol–water partition coefficient (Wildman–Crippen LogP) is 2.42. The number of benzene rings is 1. The second-order valence-electron chi connectivity index (χ2n) is 7.84. The van der Waals surface area contributed by atoms with E-state index in [2.05, 4.69) is 22.3 Å². The summed E-state index contributed by atoms with van der Waals surface area (Å²) in [6.45, 7) is 4.52. The first-order chi connectivity index (χ1) is 12.2. The van der Waals surface area contributed by atoms with Gasteiger partial charge in [-0.1, -0.05) is 0 Å². The summed E-state index contributed by atoms with van der Waals surface area (Å²) in [5, 5.41) is 2.95. The molecule has 3 heterocycles. The van der Waals surface area contributed by atoms with Gasteiger partial charge in [0.1, 0.15) is 0 Å². The van der Waals surface area contributed by atoms with Crippen LogP contribution in [0, 0.1) is 5.41 Å². The Morgan fingerprint density at radius 2 is 1.64 bits per heavy atom. The molecule has 1 N–H and O–H groups in total. The highest BCUT2D eigenvalue weighted by Gasteiger charge is 2.41. The van der Waals surface area contributed by atoms with Crippen molar-refractivity contribution in [1.29, 1.82) is 0 Å². The highest BCUT2D eigenvalue weighted by atomic mass is 16.2. The standard InChI is InChI=1S/C20H27N3O2/c24-18-14-20(15-21-18)8-12-23(13-9-20)19(25)16-4-6-17(7-5-16)22-10-2-1-3-11-22/h4-7H,1-3,8-15H2,(H,21,24). The summed E-state index contributed by atoms with van der Waals surface area (Å²) in [6.07, 6.45) is 6.30. The van der Waals surface area contributed by atoms with Crippen LogP contribution in [-0.4, -0.2) is 49.4 Å². The van der Waals surface area contributed by atoms with Gasteiger partial charge in [-0.15, -0.1) is 0 Å². The van der Waals surface area contributed by atoms with Crippen LogP contribution < -0.4 is 10.2 Å². The summed E-state index contributed by atoms with van der Waals surface area (Å²) in [5.41, 5.74) is 2.09. The fraction of sp³-hybridized carbons (Fsp3) is 0.600. The van der Waals surface area contributed by atoms with Gasteiger partial charge in [-0.05, 0) is 61.8 Å². The smallest absolute Gasteiger partial charge is 0.253 e. The zero-order valence-corrected chi connectivity index (χ0v) is 14.8. The van der Waals surface area contributed by atoms with Crippen molar-refractivity contribution in [2.24, 2.45) is 5.41 Å². The lowest BCUT2D eigenvalue weighted by molar-refractivity contribution is -0.119. The van der Waals surface area contributed by atoms with Crippen LogP contribution in [0.5, 0.6) is 0 Å². The Morgan fingerprint density at radius 3 is 2.24 bits per heavy atom. The van der Waals surface area contributed by atoms with Crippen molar-refractivity contribution in [3.05, 3.63) is 29.8 Å². The van der Waals surface area contributed by atoms with E-state index in [1.807, 2.05) is 17.0 Å². The van der Waals surface area contributed by atoms with Gasteiger partial charge < -0.3 is 15.1 Å². The average Bonchev–Trinajstić information content (AvgIpc) is 3.03. The molecule has 134 valence electrons. The number of amides is 2. The number of anilines is 1. The molecule has 1 spiro atoms. The molecule has 3 saturated heterocycles. The van der Waals surface area contributed by atoms with Crippen molar-refractivity contribution in [2.45, 2.75) is 38.5 Å². The van der Waals surface area contributed by atoms with Crippen LogP contribution in [0.4, 0.5) is 5.69 Å². The third-order valence-corrected chi connectivity index (χ3v) is 6.14. The number of piperidine rings is 2. The van der Waals surface area contributed by atoms with Gasteiger partial charge in [-0.2, -0.15) is 0 Å². The van der Waals surface area contributed by atoms with Gasteiger partial charge in [-0.25, -0.2) is 0 Å². The molecule has 0 aliphatic carbocycles. The van der Waals surface area contributed by atoms with Crippen molar-refractivity contribution in [3.63, 3.8) is 0 Å². The molecule has 0 aromatic heterocycles. The summed E-state index contributed by atoms with van der Waals surface area (Å²) >= 11 is 0. The highest BCUT2D eigenvalue weighted by molar-refractivity contribution is 5.94. The lowest BCUT2D eigenvalue weighted by Crippen LogP contribution is -2.44. The zero-order chi connectivity index (χ0) is 17.3. The van der Waals surface area contributed by atoms with Crippen molar-refractivity contribution in [3.8, 4) is 0 Å². The molecule has 3 fully saturated rings. The molecular formula is C20H27N3O2. The topological polar surface area (TPSA) is 52.7 Å². The predicted molar refractivity (Wildman–Crippen MR) is 97.7 cm³/mol. The van der Waals surface area contributed by atoms with E-state index in [4.69, 9.17) is 0 Å². The summed E-state index contributed by atoms with van der Waals surface area (Å²) < 4.78 is 0. The minimum atomic E-state index is 0.0893. The number of hydrogen-bond donors (Lipinski definition) is 1. The Labute approximate surface area is 149 Å². The number of nitrogens with zero attached hydrogens (tertiary/aromatic N) is 2. The third kappa shape index (κ3) is 3.37. The van der Waals surface area contributed by atoms with Gasteiger partial charge in [0.25, 0.3) is 5.91 Å². The van der Waals surface area contributed by atoms with Gasteiger partial charge in [0.15, 0.2) is 0 Å². The van der Waals surface area contributed by atoms with Crippen LogP contribution >= 0.6 is 0 Å². The molecule has 0 bridgehead atoms. The quantitative estimate of drug-likeness (QED) is 0.899. The normalized spacial score (nSPS) is 23.0. The molecule has 5 nitrogen and oxygen atoms in total. The molecule has 3 aliphatic rings. The molecule has 0 unspecified atom stereocenters. The molecule has 0 saturated carbocycles. The number of hydrogen-bond acceptors (Lipinski definition) is 3. The van der Waals surface area contributed by atoms with Gasteiger partial charge in [0.2, 0.25) is 5.91 Å². The summed E-state index contributed by atoms with van der Waals surface area (Å²) in [6, 6.07) is 8.11. The number of carbonyl (C=O) groups is 2. The Morgan fingerprint density at radius 1 is 0.960 bits per heavy atom. The monoisotopic (exact) mass is 341 g/mol. The minimum Gasteiger partial charge on any atom is -0.372 e. The Kier molecular flexibility index (Phi) is 4.40. The maximum absolute atomic E-state index is 12.8. The van der Waals surface area contributed by atoms with E-state index in [1.54, 1.807) is 0 Å². The molecule has 4 rings (SSSR count). The fourth-order valence-electron chi connectivity index (χ4n) is 4.44. The molecule has 0 radical (unpaired) electrons. The van der Waals surface area contributed by atoms with Crippen LogP contribution in [0.1, 0.15) is 48.9 Å². The minimum absolute atomic E-state index is 0.0893. The van der Waals surface area contributed by atoms with Crippen LogP contribution in [-0.2, 0) is 4.79 Å². The summed E-state index contributed by atoms with van der Waals surface area (Å²) in [7, 11) is 0. The summed E-state index contributed by atoms with van der Waals surface area (Å²) in [4.78, 5) is 28.7. The molecule has 25 heavy (non-hydrogen) atoms. The highest BCUT2D eigenvalue weighted by Crippen LogP contribution is 2.37. The molecule has 0 atom stereocenters. The van der Waals surface area contributed by atoms with Crippen LogP contribution in [0.15, 0.2) is 24.3 Å². The zero-order valence-electron chi connectivity index (χ0n) is 14.8. The lowest BCUT2D eigenvalue weighted by Gasteiger charge is -2.38. The maximum atomic E-state index is 12.8. The number of nitrogens with one attached hydrogen (secondary N) is 1. The van der Waals surface area contributed by atoms with Crippen LogP contribution in [0.25, 0.3) is 0 Å². The van der Waals surface area contributed by atoms with Crippen LogP contribution in [0.2, 0.25) is 0 Å². The molecular weight excluding hydrogens is 314 g/mol. The van der Waals surface area contributed by atoms with E-state index in [0.29, 0.717) is 6.42 Å². The number of likely N-dealkylation sites (tertiary alicyclic amines) is 1. The number of rotatable bonds is 2. The molecule has 5 heteroatoms. The number of carbonyl (C=O) groups excluding carboxylic acids is 2. The summed E-state index contributed by atoms with van der Waals surface area (Å²) in [5.74, 6) is 0.283. The van der Waals surface area contributed by atoms with Crippen molar-refractivity contribution >= 4 is 17.5 Å². The van der Waals surface area contributed by atoms with Crippen molar-refractivity contribution < 1.29 is 9.59 Å². The van der Waals surface area contributed by atoms with Gasteiger partial charge in [0, 0.05) is 50.4 Å². The van der Waals surface area contributed by atoms with Gasteiger partial charge in [-0.3, -0.25) is 9.59 Å². The lowest BCUT2D eigenvalue weighted by atomic mass is 9.77. The van der Waals surface area contributed by atoms with E-state index >= 15 is 0 Å². The average molecular weight is 341 g/mol. The second-order valence-corrected chi connectivity index (χ2v) is 7.84. The SMILES string of the molecule is O=C1CC2(CCN(C(=O)c3ccc(N4CCCCC4)cc3)CC2)CN1. The second kappa shape index (κ2) is 6.70. The van der Waals surface area contributed by atoms with Crippen molar-refractivity contribution in [1.82, 2.24) is 10.2 Å². The first-order valence-electron chi connectivity index (χ1n) is 9.56. The Hall–Kier alpha value is -2.04. The first kappa shape index (κ1) is 16.4. The Bertz CT molecular complexity index is 641. The van der Waals surface area contributed by atoms with Crippen LogP contribution in [0.3, 0.4) is 0 Å². The van der Waals surface area contributed by atoms with Gasteiger partial charge >= 0.3 is 0 Å². The molecule has 3 aliphatic heterocycles. The largest absolute Gasteiger partial charge is 0.372 e. The van der Waals surface area contributed by atoms with E-state index in [-0.39, 0.29) is 17.2 Å². The molecule has 1 aromatic rings. The van der Waals surface area contributed by atoms with E-state index < -0.39 is 0 Å². The third-order valence-electron chi connectivity index (χ3n) is 6.14. The Balaban J connectivity index is 1.37. The van der Waals surface area contributed by atoms with E-state index in [1.165, 1.54) is 24.9 Å². The van der Waals surface area contributed by atoms with Gasteiger partial charge in [0.05, 0.1) is 0 Å². The van der Waals surface area contributed by atoms with Crippen molar-refractivity contribution in [2.75, 3.05) is 37.6 Å². The fourth-order valence-corrected chi connectivity index (χ4v) is 4.44. The maximum Gasteiger partial charge on any atom is 0.253 e. The molecule has 2 amide bonds.